The van der Waals surface area contributed by atoms with Gasteiger partial charge in [-0.05, 0) is 46.7 Å². The van der Waals surface area contributed by atoms with E-state index in [4.69, 9.17) is 4.74 Å². The minimum absolute atomic E-state index is 0.226. The normalized spacial score (nSPS) is 18.0. The number of ether oxygens (including phenoxy) is 1. The van der Waals surface area contributed by atoms with Gasteiger partial charge in [-0.2, -0.15) is 0 Å². The molecule has 6 heteroatoms. The molecular formula is C23H21NO4S. The number of aliphatic carboxylic acids is 1. The Kier molecular flexibility index (Phi) is 4.39. The van der Waals surface area contributed by atoms with Gasteiger partial charge in [0.15, 0.2) is 0 Å². The first-order valence-corrected chi connectivity index (χ1v) is 10.8. The number of hydrogen-bond acceptors (Lipinski definition) is 4. The van der Waals surface area contributed by atoms with Crippen LogP contribution in [0.25, 0.3) is 10.8 Å². The number of rotatable bonds is 5. The molecule has 0 spiro atoms. The van der Waals surface area contributed by atoms with Gasteiger partial charge in [-0.3, -0.25) is 9.36 Å². The molecule has 0 unspecified atom stereocenters. The van der Waals surface area contributed by atoms with Crippen molar-refractivity contribution in [2.45, 2.75) is 36.2 Å². The second-order valence-electron chi connectivity index (χ2n) is 7.68. The third-order valence-corrected chi connectivity index (χ3v) is 7.05. The third-order valence-electron chi connectivity index (χ3n) is 5.88. The van der Waals surface area contributed by atoms with Crippen LogP contribution in [0.5, 0.6) is 5.75 Å². The van der Waals surface area contributed by atoms with Gasteiger partial charge in [0.25, 0.3) is 5.56 Å². The fourth-order valence-electron chi connectivity index (χ4n) is 4.36. The molecule has 29 heavy (non-hydrogen) atoms. The number of carboxylic acids is 1. The molecular weight excluding hydrogens is 386 g/mol. The lowest BCUT2D eigenvalue weighted by Crippen LogP contribution is -2.29. The van der Waals surface area contributed by atoms with Crippen LogP contribution >= 0.6 is 11.8 Å². The van der Waals surface area contributed by atoms with Crippen molar-refractivity contribution in [1.29, 1.82) is 0 Å². The molecule has 1 aliphatic heterocycles. The van der Waals surface area contributed by atoms with Crippen LogP contribution in [-0.2, 0) is 11.2 Å². The number of aromatic nitrogens is 1. The molecule has 2 heterocycles. The van der Waals surface area contributed by atoms with E-state index in [2.05, 4.69) is 12.1 Å². The van der Waals surface area contributed by atoms with Crippen LogP contribution in [0.1, 0.15) is 41.5 Å². The minimum Gasteiger partial charge on any atom is -0.496 e. The van der Waals surface area contributed by atoms with Crippen LogP contribution in [0, 0.1) is 0 Å². The summed E-state index contributed by atoms with van der Waals surface area (Å²) >= 11 is 1.50. The van der Waals surface area contributed by atoms with E-state index < -0.39 is 12.0 Å². The van der Waals surface area contributed by atoms with Gasteiger partial charge in [-0.25, -0.2) is 4.79 Å². The lowest BCUT2D eigenvalue weighted by Gasteiger charge is -2.18. The topological polar surface area (TPSA) is 68.5 Å². The molecule has 5 nitrogen and oxygen atoms in total. The number of thioether (sulfide) groups is 1. The molecule has 0 saturated heterocycles. The van der Waals surface area contributed by atoms with Crippen LogP contribution in [0.3, 0.4) is 0 Å². The first kappa shape index (κ1) is 18.3. The molecule has 1 aromatic heterocycles. The SMILES string of the molecule is COc1ccc2ccccc2c1Cc1cc(=O)n2c(c1C1CC1)SC[C@H]2C(=O)O. The highest BCUT2D eigenvalue weighted by Gasteiger charge is 2.37. The molecule has 1 saturated carbocycles. The summed E-state index contributed by atoms with van der Waals surface area (Å²) in [5, 5.41) is 12.6. The van der Waals surface area contributed by atoms with Gasteiger partial charge >= 0.3 is 5.97 Å². The standard InChI is InChI=1S/C23H21NO4S/c1-28-19-9-8-13-4-2-3-5-16(13)17(19)10-15-11-20(25)24-18(23(26)27)12-29-22(24)21(15)14-6-7-14/h2-5,8-9,11,14,18H,6-7,10,12H2,1H3,(H,26,27)/t18-/m0/s1. The van der Waals surface area contributed by atoms with Gasteiger partial charge in [0, 0.05) is 23.8 Å². The van der Waals surface area contributed by atoms with Crippen molar-refractivity contribution in [3.63, 3.8) is 0 Å². The van der Waals surface area contributed by atoms with E-state index in [-0.39, 0.29) is 5.56 Å². The lowest BCUT2D eigenvalue weighted by molar-refractivity contribution is -0.140. The monoisotopic (exact) mass is 407 g/mol. The molecule has 2 aliphatic rings. The number of carbonyl (C=O) groups is 1. The third kappa shape index (κ3) is 3.02. The van der Waals surface area contributed by atoms with E-state index in [1.54, 1.807) is 13.2 Å². The summed E-state index contributed by atoms with van der Waals surface area (Å²) in [6.45, 7) is 0. The molecule has 0 radical (unpaired) electrons. The van der Waals surface area contributed by atoms with Crippen molar-refractivity contribution in [3.8, 4) is 5.75 Å². The molecule has 0 amide bonds. The predicted molar refractivity (Wildman–Crippen MR) is 113 cm³/mol. The lowest BCUT2D eigenvalue weighted by atomic mass is 9.94. The first-order valence-electron chi connectivity index (χ1n) is 9.77. The summed E-state index contributed by atoms with van der Waals surface area (Å²) in [5.74, 6) is 0.685. The number of fused-ring (bicyclic) bond motifs is 2. The number of nitrogens with zero attached hydrogens (tertiary/aromatic N) is 1. The average Bonchev–Trinajstić information content (AvgIpc) is 3.44. The van der Waals surface area contributed by atoms with Gasteiger partial charge in [-0.1, -0.05) is 30.3 Å². The Labute approximate surface area is 172 Å². The largest absolute Gasteiger partial charge is 0.496 e. The number of methoxy groups -OCH3 is 1. The van der Waals surface area contributed by atoms with Crippen molar-refractivity contribution >= 4 is 28.5 Å². The quantitative estimate of drug-likeness (QED) is 0.686. The van der Waals surface area contributed by atoms with Crippen LogP contribution in [0.2, 0.25) is 0 Å². The fraction of sp³-hybridized carbons (Fsp3) is 0.304. The summed E-state index contributed by atoms with van der Waals surface area (Å²) in [5.41, 5.74) is 3.00. The van der Waals surface area contributed by atoms with E-state index in [0.29, 0.717) is 18.1 Å². The maximum absolute atomic E-state index is 12.9. The molecule has 1 fully saturated rings. The number of pyridine rings is 1. The van der Waals surface area contributed by atoms with Gasteiger partial charge in [0.2, 0.25) is 0 Å². The highest BCUT2D eigenvalue weighted by Crippen LogP contribution is 2.49. The summed E-state index contributed by atoms with van der Waals surface area (Å²) in [6.07, 6.45) is 2.77. The highest BCUT2D eigenvalue weighted by atomic mass is 32.2. The van der Waals surface area contributed by atoms with Gasteiger partial charge < -0.3 is 9.84 Å². The maximum atomic E-state index is 12.9. The maximum Gasteiger partial charge on any atom is 0.327 e. The summed E-state index contributed by atoms with van der Waals surface area (Å²) in [4.78, 5) is 24.5. The molecule has 1 atom stereocenters. The van der Waals surface area contributed by atoms with Crippen molar-refractivity contribution in [1.82, 2.24) is 4.57 Å². The summed E-state index contributed by atoms with van der Waals surface area (Å²) in [6, 6.07) is 13.1. The predicted octanol–water partition coefficient (Wildman–Crippen LogP) is 4.21. The molecule has 1 aliphatic carbocycles. The number of carboxylic acid groups (broad SMARTS) is 1. The van der Waals surface area contributed by atoms with Crippen molar-refractivity contribution in [2.24, 2.45) is 0 Å². The van der Waals surface area contributed by atoms with Crippen LogP contribution in [0.4, 0.5) is 0 Å². The second kappa shape index (κ2) is 6.95. The van der Waals surface area contributed by atoms with E-state index >= 15 is 0 Å². The highest BCUT2D eigenvalue weighted by molar-refractivity contribution is 7.99. The Morgan fingerprint density at radius 3 is 2.76 bits per heavy atom. The van der Waals surface area contributed by atoms with Gasteiger partial charge in [0.05, 0.1) is 12.1 Å². The minimum atomic E-state index is -0.941. The Morgan fingerprint density at radius 2 is 2.03 bits per heavy atom. The molecule has 148 valence electrons. The Balaban J connectivity index is 1.69. The van der Waals surface area contributed by atoms with Crippen LogP contribution < -0.4 is 10.3 Å². The first-order chi connectivity index (χ1) is 14.1. The summed E-state index contributed by atoms with van der Waals surface area (Å²) < 4.78 is 7.14. The smallest absolute Gasteiger partial charge is 0.327 e. The van der Waals surface area contributed by atoms with E-state index in [9.17, 15) is 14.7 Å². The zero-order valence-corrected chi connectivity index (χ0v) is 16.9. The Bertz CT molecular complexity index is 1200. The summed E-state index contributed by atoms with van der Waals surface area (Å²) in [7, 11) is 1.67. The molecule has 5 rings (SSSR count). The number of hydrogen-bond donors (Lipinski definition) is 1. The average molecular weight is 407 g/mol. The Hall–Kier alpha value is -2.73. The van der Waals surface area contributed by atoms with Gasteiger partial charge in [-0.15, -0.1) is 11.8 Å². The zero-order valence-electron chi connectivity index (χ0n) is 16.1. The van der Waals surface area contributed by atoms with E-state index in [0.717, 1.165) is 51.1 Å². The Morgan fingerprint density at radius 1 is 1.24 bits per heavy atom. The van der Waals surface area contributed by atoms with Crippen molar-refractivity contribution in [3.05, 3.63) is 69.5 Å². The molecule has 3 aromatic rings. The van der Waals surface area contributed by atoms with Crippen LogP contribution in [0.15, 0.2) is 52.3 Å². The number of benzene rings is 2. The molecule has 1 N–H and O–H groups in total. The second-order valence-corrected chi connectivity index (χ2v) is 8.69. The molecule has 2 aromatic carbocycles. The van der Waals surface area contributed by atoms with Crippen LogP contribution in [-0.4, -0.2) is 28.5 Å². The van der Waals surface area contributed by atoms with Gasteiger partial charge in [0.1, 0.15) is 11.8 Å². The van der Waals surface area contributed by atoms with E-state index in [1.165, 1.54) is 16.3 Å². The molecule has 0 bridgehead atoms. The zero-order chi connectivity index (χ0) is 20.1. The van der Waals surface area contributed by atoms with E-state index in [1.807, 2.05) is 24.3 Å². The fourth-order valence-corrected chi connectivity index (χ4v) is 5.77. The van der Waals surface area contributed by atoms with Crippen molar-refractivity contribution in [2.75, 3.05) is 12.9 Å². The van der Waals surface area contributed by atoms with Crippen molar-refractivity contribution < 1.29 is 14.6 Å².